The van der Waals surface area contributed by atoms with Crippen molar-refractivity contribution in [1.82, 2.24) is 5.32 Å². The highest BCUT2D eigenvalue weighted by Crippen LogP contribution is 2.28. The molecule has 0 spiro atoms. The van der Waals surface area contributed by atoms with E-state index < -0.39 is 11.6 Å². The van der Waals surface area contributed by atoms with Gasteiger partial charge in [-0.25, -0.2) is 8.78 Å². The van der Waals surface area contributed by atoms with Crippen molar-refractivity contribution >= 4 is 15.9 Å². The number of furan rings is 1. The van der Waals surface area contributed by atoms with Gasteiger partial charge in [0.25, 0.3) is 0 Å². The zero-order valence-corrected chi connectivity index (χ0v) is 12.7. The highest BCUT2D eigenvalue weighted by atomic mass is 79.9. The molecule has 2 nitrogen and oxygen atoms in total. The average Bonchev–Trinajstić information content (AvgIpc) is 2.84. The molecule has 1 N–H and O–H groups in total. The van der Waals surface area contributed by atoms with E-state index in [1.54, 1.807) is 6.26 Å². The van der Waals surface area contributed by atoms with Crippen LogP contribution in [0.1, 0.15) is 30.5 Å². The van der Waals surface area contributed by atoms with Crippen LogP contribution in [0.15, 0.2) is 39.6 Å². The van der Waals surface area contributed by atoms with Crippen LogP contribution >= 0.6 is 15.9 Å². The van der Waals surface area contributed by atoms with E-state index in [2.05, 4.69) is 28.2 Å². The van der Waals surface area contributed by atoms with E-state index in [0.29, 0.717) is 16.7 Å². The van der Waals surface area contributed by atoms with Crippen LogP contribution in [0.25, 0.3) is 0 Å². The van der Waals surface area contributed by atoms with Crippen LogP contribution in [0.2, 0.25) is 0 Å². The minimum Gasteiger partial charge on any atom is -0.457 e. The molecular formula is C15H16BrF2NO. The molecule has 5 heteroatoms. The maximum Gasteiger partial charge on any atom is 0.173 e. The molecule has 1 aromatic carbocycles. The normalized spacial score (nSPS) is 12.6. The highest BCUT2D eigenvalue weighted by Gasteiger charge is 2.18. The standard InChI is InChI=1S/C15H16BrF2NO/c1-2-6-19-14(12-5-7-20-15(12)16)9-10-8-11(17)3-4-13(10)18/h3-5,7-8,14,19H,2,6,9H2,1H3. The van der Waals surface area contributed by atoms with Gasteiger partial charge in [0.1, 0.15) is 11.6 Å². The molecule has 1 unspecified atom stereocenters. The average molecular weight is 344 g/mol. The molecule has 1 atom stereocenters. The molecule has 20 heavy (non-hydrogen) atoms. The van der Waals surface area contributed by atoms with E-state index in [4.69, 9.17) is 4.42 Å². The second-order valence-electron chi connectivity index (χ2n) is 4.60. The Morgan fingerprint density at radius 1 is 1.30 bits per heavy atom. The number of rotatable bonds is 6. The highest BCUT2D eigenvalue weighted by molar-refractivity contribution is 9.10. The summed E-state index contributed by atoms with van der Waals surface area (Å²) in [5, 5.41) is 3.33. The van der Waals surface area contributed by atoms with Crippen molar-refractivity contribution in [1.29, 1.82) is 0 Å². The molecule has 2 rings (SSSR count). The Kier molecular flexibility index (Phi) is 5.31. The first-order chi connectivity index (χ1) is 9.61. The second-order valence-corrected chi connectivity index (χ2v) is 5.32. The van der Waals surface area contributed by atoms with Gasteiger partial charge in [-0.1, -0.05) is 6.92 Å². The number of nitrogens with one attached hydrogen (secondary N) is 1. The summed E-state index contributed by atoms with van der Waals surface area (Å²) in [6, 6.07) is 5.23. The lowest BCUT2D eigenvalue weighted by Crippen LogP contribution is -2.24. The molecule has 1 heterocycles. The van der Waals surface area contributed by atoms with Gasteiger partial charge in [0.15, 0.2) is 4.67 Å². The molecule has 0 aliphatic rings. The van der Waals surface area contributed by atoms with Crippen LogP contribution in [0.3, 0.4) is 0 Å². The summed E-state index contributed by atoms with van der Waals surface area (Å²) in [5.74, 6) is -0.823. The maximum absolute atomic E-state index is 13.8. The fourth-order valence-corrected chi connectivity index (χ4v) is 2.60. The summed E-state index contributed by atoms with van der Waals surface area (Å²) in [6.45, 7) is 2.84. The second kappa shape index (κ2) is 6.99. The minimum absolute atomic E-state index is 0.126. The summed E-state index contributed by atoms with van der Waals surface area (Å²) in [5.41, 5.74) is 1.26. The molecule has 0 fully saturated rings. The Bertz CT molecular complexity index is 571. The van der Waals surface area contributed by atoms with Crippen LogP contribution < -0.4 is 5.32 Å². The van der Waals surface area contributed by atoms with E-state index in [-0.39, 0.29) is 6.04 Å². The zero-order chi connectivity index (χ0) is 14.5. The molecule has 0 saturated heterocycles. The van der Waals surface area contributed by atoms with Gasteiger partial charge in [0.05, 0.1) is 6.26 Å². The van der Waals surface area contributed by atoms with Gasteiger partial charge in [-0.05, 0) is 65.1 Å². The molecule has 0 amide bonds. The quantitative estimate of drug-likeness (QED) is 0.828. The predicted octanol–water partition coefficient (Wildman–Crippen LogP) is 4.60. The third-order valence-electron chi connectivity index (χ3n) is 3.09. The van der Waals surface area contributed by atoms with Crippen molar-refractivity contribution in [2.45, 2.75) is 25.8 Å². The van der Waals surface area contributed by atoms with Crippen LogP contribution in [-0.4, -0.2) is 6.54 Å². The maximum atomic E-state index is 13.8. The van der Waals surface area contributed by atoms with Gasteiger partial charge in [-0.3, -0.25) is 0 Å². The molecule has 0 aliphatic heterocycles. The van der Waals surface area contributed by atoms with Gasteiger partial charge in [0.2, 0.25) is 0 Å². The largest absolute Gasteiger partial charge is 0.457 e. The van der Waals surface area contributed by atoms with Gasteiger partial charge in [-0.15, -0.1) is 0 Å². The lowest BCUT2D eigenvalue weighted by Gasteiger charge is -2.18. The minimum atomic E-state index is -0.429. The molecule has 0 bridgehead atoms. The smallest absolute Gasteiger partial charge is 0.173 e. The van der Waals surface area contributed by atoms with E-state index >= 15 is 0 Å². The van der Waals surface area contributed by atoms with E-state index in [0.717, 1.165) is 30.7 Å². The lowest BCUT2D eigenvalue weighted by atomic mass is 10.0. The first-order valence-corrected chi connectivity index (χ1v) is 7.31. The molecule has 0 radical (unpaired) electrons. The Morgan fingerprint density at radius 3 is 2.75 bits per heavy atom. The van der Waals surface area contributed by atoms with Crippen molar-refractivity contribution in [3.8, 4) is 0 Å². The van der Waals surface area contributed by atoms with Gasteiger partial charge < -0.3 is 9.73 Å². The summed E-state index contributed by atoms with van der Waals surface area (Å²) in [7, 11) is 0. The number of hydrogen-bond acceptors (Lipinski definition) is 2. The molecule has 108 valence electrons. The molecule has 2 aromatic rings. The third kappa shape index (κ3) is 3.67. The third-order valence-corrected chi connectivity index (χ3v) is 3.74. The fraction of sp³-hybridized carbons (Fsp3) is 0.333. The monoisotopic (exact) mass is 343 g/mol. The topological polar surface area (TPSA) is 25.2 Å². The van der Waals surface area contributed by atoms with Crippen molar-refractivity contribution < 1.29 is 13.2 Å². The lowest BCUT2D eigenvalue weighted by molar-refractivity contribution is 0.488. The van der Waals surface area contributed by atoms with Crippen molar-refractivity contribution in [3.05, 3.63) is 58.0 Å². The first-order valence-electron chi connectivity index (χ1n) is 6.52. The van der Waals surface area contributed by atoms with E-state index in [1.165, 1.54) is 6.07 Å². The Balaban J connectivity index is 2.23. The zero-order valence-electron chi connectivity index (χ0n) is 11.1. The molecular weight excluding hydrogens is 328 g/mol. The number of benzene rings is 1. The molecule has 0 aliphatic carbocycles. The van der Waals surface area contributed by atoms with Gasteiger partial charge in [0, 0.05) is 11.6 Å². The van der Waals surface area contributed by atoms with Crippen molar-refractivity contribution in [3.63, 3.8) is 0 Å². The number of hydrogen-bond donors (Lipinski definition) is 1. The molecule has 0 saturated carbocycles. The van der Waals surface area contributed by atoms with Crippen LogP contribution in [0.4, 0.5) is 8.78 Å². The predicted molar refractivity (Wildman–Crippen MR) is 77.5 cm³/mol. The SMILES string of the molecule is CCCNC(Cc1cc(F)ccc1F)c1ccoc1Br. The van der Waals surface area contributed by atoms with Gasteiger partial charge >= 0.3 is 0 Å². The fourth-order valence-electron chi connectivity index (χ4n) is 2.08. The Hall–Kier alpha value is -1.20. The summed E-state index contributed by atoms with van der Waals surface area (Å²) >= 11 is 3.33. The summed E-state index contributed by atoms with van der Waals surface area (Å²) in [6.07, 6.45) is 2.89. The van der Waals surface area contributed by atoms with Crippen molar-refractivity contribution in [2.24, 2.45) is 0 Å². The molecule has 1 aromatic heterocycles. The van der Waals surface area contributed by atoms with Crippen LogP contribution in [0.5, 0.6) is 0 Å². The van der Waals surface area contributed by atoms with E-state index in [9.17, 15) is 8.78 Å². The van der Waals surface area contributed by atoms with Crippen LogP contribution in [0, 0.1) is 11.6 Å². The Labute approximate surface area is 125 Å². The first kappa shape index (κ1) is 15.2. The summed E-state index contributed by atoms with van der Waals surface area (Å²) < 4.78 is 32.9. The van der Waals surface area contributed by atoms with Crippen molar-refractivity contribution in [2.75, 3.05) is 6.54 Å². The van der Waals surface area contributed by atoms with E-state index in [1.807, 2.05) is 6.07 Å². The Morgan fingerprint density at radius 2 is 2.10 bits per heavy atom. The summed E-state index contributed by atoms with van der Waals surface area (Å²) in [4.78, 5) is 0. The van der Waals surface area contributed by atoms with Crippen LogP contribution in [-0.2, 0) is 6.42 Å². The number of halogens is 3. The van der Waals surface area contributed by atoms with Gasteiger partial charge in [-0.2, -0.15) is 0 Å².